The van der Waals surface area contributed by atoms with Crippen LogP contribution >= 0.6 is 0 Å². The van der Waals surface area contributed by atoms with E-state index in [9.17, 15) is 0 Å². The third kappa shape index (κ3) is 5.31. The van der Waals surface area contributed by atoms with Gasteiger partial charge in [-0.25, -0.2) is 0 Å². The molecule has 1 fully saturated rings. The zero-order valence-electron chi connectivity index (χ0n) is 11.1. The summed E-state index contributed by atoms with van der Waals surface area (Å²) in [4.78, 5) is 0. The number of nitrogens with one attached hydrogen (secondary N) is 1. The Balaban J connectivity index is 2.12. The van der Waals surface area contributed by atoms with Crippen molar-refractivity contribution in [1.82, 2.24) is 5.32 Å². The van der Waals surface area contributed by atoms with Crippen LogP contribution in [0, 0.1) is 5.92 Å². The molecule has 2 heteroatoms. The molecule has 0 bridgehead atoms. The lowest BCUT2D eigenvalue weighted by molar-refractivity contribution is 0.115. The highest BCUT2D eigenvalue weighted by Crippen LogP contribution is 2.28. The number of hydrogen-bond acceptors (Lipinski definition) is 2. The average molecular weight is 227 g/mol. The van der Waals surface area contributed by atoms with E-state index >= 15 is 0 Å². The van der Waals surface area contributed by atoms with Gasteiger partial charge in [0.15, 0.2) is 0 Å². The van der Waals surface area contributed by atoms with E-state index in [0.717, 1.165) is 25.7 Å². The molecule has 0 aliphatic heterocycles. The Morgan fingerprint density at radius 2 is 1.94 bits per heavy atom. The highest BCUT2D eigenvalue weighted by molar-refractivity contribution is 4.80. The average Bonchev–Trinajstić information content (AvgIpc) is 2.81. The van der Waals surface area contributed by atoms with Crippen molar-refractivity contribution >= 4 is 0 Å². The van der Waals surface area contributed by atoms with Crippen LogP contribution in [-0.2, 0) is 4.74 Å². The van der Waals surface area contributed by atoms with Crippen molar-refractivity contribution in [3.8, 4) is 0 Å². The van der Waals surface area contributed by atoms with Crippen LogP contribution in [-0.4, -0.2) is 25.8 Å². The monoisotopic (exact) mass is 227 g/mol. The summed E-state index contributed by atoms with van der Waals surface area (Å²) < 4.78 is 5.67. The minimum absolute atomic E-state index is 0.703. The Kier molecular flexibility index (Phi) is 7.87. The molecule has 1 rings (SSSR count). The molecule has 0 radical (unpaired) electrons. The van der Waals surface area contributed by atoms with E-state index in [1.54, 1.807) is 0 Å². The molecule has 0 heterocycles. The highest BCUT2D eigenvalue weighted by atomic mass is 16.5. The maximum atomic E-state index is 5.67. The van der Waals surface area contributed by atoms with Crippen molar-refractivity contribution in [3.63, 3.8) is 0 Å². The second-order valence-corrected chi connectivity index (χ2v) is 4.96. The first-order valence-electron chi connectivity index (χ1n) is 7.19. The second-order valence-electron chi connectivity index (χ2n) is 4.96. The van der Waals surface area contributed by atoms with Gasteiger partial charge >= 0.3 is 0 Å². The van der Waals surface area contributed by atoms with E-state index in [2.05, 4.69) is 19.2 Å². The normalized spacial score (nSPS) is 19.1. The van der Waals surface area contributed by atoms with E-state index in [1.165, 1.54) is 44.9 Å². The molecule has 2 nitrogen and oxygen atoms in total. The second kappa shape index (κ2) is 9.00. The van der Waals surface area contributed by atoms with Crippen LogP contribution in [0.15, 0.2) is 0 Å². The molecule has 1 unspecified atom stereocenters. The Bertz CT molecular complexity index is 155. The third-order valence-corrected chi connectivity index (χ3v) is 3.65. The van der Waals surface area contributed by atoms with Gasteiger partial charge in [0, 0.05) is 19.3 Å². The number of unbranched alkanes of at least 4 members (excludes halogenated alkanes) is 1. The van der Waals surface area contributed by atoms with Gasteiger partial charge in [-0.1, -0.05) is 33.1 Å². The van der Waals surface area contributed by atoms with Crippen LogP contribution in [0.3, 0.4) is 0 Å². The van der Waals surface area contributed by atoms with Crippen LogP contribution in [0.4, 0.5) is 0 Å². The zero-order valence-corrected chi connectivity index (χ0v) is 11.1. The molecule has 1 N–H and O–H groups in total. The first kappa shape index (κ1) is 14.0. The largest absolute Gasteiger partial charge is 0.381 e. The van der Waals surface area contributed by atoms with Gasteiger partial charge in [0.2, 0.25) is 0 Å². The van der Waals surface area contributed by atoms with Gasteiger partial charge in [-0.3, -0.25) is 0 Å². The van der Waals surface area contributed by atoms with Gasteiger partial charge in [0.05, 0.1) is 0 Å². The van der Waals surface area contributed by atoms with Gasteiger partial charge < -0.3 is 10.1 Å². The predicted molar refractivity (Wildman–Crippen MR) is 69.8 cm³/mol. The van der Waals surface area contributed by atoms with Gasteiger partial charge in [-0.05, 0) is 38.1 Å². The maximum absolute atomic E-state index is 5.67. The van der Waals surface area contributed by atoms with E-state index in [0.29, 0.717) is 6.04 Å². The standard InChI is InChI=1S/C14H29NO/c1-3-5-11-16-12-10-14(15-4-2)13-8-6-7-9-13/h13-15H,3-12H2,1-2H3. The van der Waals surface area contributed by atoms with Crippen molar-refractivity contribution in [2.24, 2.45) is 5.92 Å². The lowest BCUT2D eigenvalue weighted by Gasteiger charge is -2.24. The van der Waals surface area contributed by atoms with E-state index in [1.807, 2.05) is 0 Å². The molecule has 16 heavy (non-hydrogen) atoms. The Hall–Kier alpha value is -0.0800. The van der Waals surface area contributed by atoms with Gasteiger partial charge in [0.25, 0.3) is 0 Å². The Labute approximate surface area is 101 Å². The molecule has 96 valence electrons. The summed E-state index contributed by atoms with van der Waals surface area (Å²) in [6.07, 6.45) is 9.35. The van der Waals surface area contributed by atoms with Gasteiger partial charge in [0.1, 0.15) is 0 Å². The summed E-state index contributed by atoms with van der Waals surface area (Å²) in [5.41, 5.74) is 0. The van der Waals surface area contributed by atoms with Crippen LogP contribution in [0.1, 0.15) is 58.8 Å². The minimum atomic E-state index is 0.703. The molecule has 1 aliphatic carbocycles. The van der Waals surface area contributed by atoms with Crippen LogP contribution in [0.25, 0.3) is 0 Å². The first-order valence-corrected chi connectivity index (χ1v) is 7.19. The molecule has 0 amide bonds. The van der Waals surface area contributed by atoms with Crippen molar-refractivity contribution in [2.75, 3.05) is 19.8 Å². The summed E-state index contributed by atoms with van der Waals surface area (Å²) in [6, 6.07) is 0.703. The fourth-order valence-corrected chi connectivity index (χ4v) is 2.69. The maximum Gasteiger partial charge on any atom is 0.0480 e. The molecule has 0 aromatic carbocycles. The fourth-order valence-electron chi connectivity index (χ4n) is 2.69. The number of hydrogen-bond donors (Lipinski definition) is 1. The smallest absolute Gasteiger partial charge is 0.0480 e. The number of ether oxygens (including phenoxy) is 1. The zero-order chi connectivity index (χ0) is 11.6. The minimum Gasteiger partial charge on any atom is -0.381 e. The molecule has 0 spiro atoms. The summed E-state index contributed by atoms with van der Waals surface area (Å²) in [5.74, 6) is 0.912. The molecule has 1 saturated carbocycles. The molecular formula is C14H29NO. The van der Waals surface area contributed by atoms with Crippen LogP contribution in [0.2, 0.25) is 0 Å². The molecule has 0 aromatic heterocycles. The highest BCUT2D eigenvalue weighted by Gasteiger charge is 2.23. The summed E-state index contributed by atoms with van der Waals surface area (Å²) >= 11 is 0. The Morgan fingerprint density at radius 3 is 2.56 bits per heavy atom. The molecule has 1 aliphatic rings. The predicted octanol–water partition coefficient (Wildman–Crippen LogP) is 3.36. The lowest BCUT2D eigenvalue weighted by atomic mass is 9.95. The topological polar surface area (TPSA) is 21.3 Å². The quantitative estimate of drug-likeness (QED) is 0.610. The molecule has 0 saturated heterocycles. The van der Waals surface area contributed by atoms with E-state index in [4.69, 9.17) is 4.74 Å². The van der Waals surface area contributed by atoms with Crippen molar-refractivity contribution in [3.05, 3.63) is 0 Å². The van der Waals surface area contributed by atoms with Crippen molar-refractivity contribution < 1.29 is 4.74 Å². The number of rotatable bonds is 9. The molecular weight excluding hydrogens is 198 g/mol. The fraction of sp³-hybridized carbons (Fsp3) is 1.00. The van der Waals surface area contributed by atoms with Gasteiger partial charge in [-0.15, -0.1) is 0 Å². The van der Waals surface area contributed by atoms with Crippen molar-refractivity contribution in [1.29, 1.82) is 0 Å². The summed E-state index contributed by atoms with van der Waals surface area (Å²) in [7, 11) is 0. The summed E-state index contributed by atoms with van der Waals surface area (Å²) in [6.45, 7) is 7.40. The first-order chi connectivity index (χ1) is 7.88. The third-order valence-electron chi connectivity index (χ3n) is 3.65. The van der Waals surface area contributed by atoms with Crippen LogP contribution < -0.4 is 5.32 Å². The van der Waals surface area contributed by atoms with Crippen molar-refractivity contribution in [2.45, 2.75) is 64.8 Å². The SMILES string of the molecule is CCCCOCCC(NCC)C1CCCC1. The van der Waals surface area contributed by atoms with Gasteiger partial charge in [-0.2, -0.15) is 0 Å². The lowest BCUT2D eigenvalue weighted by Crippen LogP contribution is -2.36. The van der Waals surface area contributed by atoms with E-state index < -0.39 is 0 Å². The molecule has 1 atom stereocenters. The van der Waals surface area contributed by atoms with Crippen LogP contribution in [0.5, 0.6) is 0 Å². The Morgan fingerprint density at radius 1 is 1.19 bits per heavy atom. The molecule has 0 aromatic rings. The summed E-state index contributed by atoms with van der Waals surface area (Å²) in [5, 5.41) is 3.64. The van der Waals surface area contributed by atoms with E-state index in [-0.39, 0.29) is 0 Å².